The van der Waals surface area contributed by atoms with Gasteiger partial charge in [-0.2, -0.15) is 5.10 Å². The van der Waals surface area contributed by atoms with Crippen LogP contribution in [0.5, 0.6) is 17.2 Å². The number of ether oxygens (including phenoxy) is 3. The maximum absolute atomic E-state index is 13.5. The van der Waals surface area contributed by atoms with Crippen molar-refractivity contribution in [2.45, 2.75) is 48.1 Å². The molecular formula is C28H34N4O4. The Morgan fingerprint density at radius 1 is 1.00 bits per heavy atom. The van der Waals surface area contributed by atoms with E-state index in [1.54, 1.807) is 12.1 Å². The molecular weight excluding hydrogens is 456 g/mol. The number of hydrogen-bond donors (Lipinski definition) is 1. The monoisotopic (exact) mass is 490 g/mol. The number of anilines is 1. The summed E-state index contributed by atoms with van der Waals surface area (Å²) in [6.45, 7) is 14.0. The first kappa shape index (κ1) is 25.3. The molecule has 8 heteroatoms. The summed E-state index contributed by atoms with van der Waals surface area (Å²) in [5, 5.41) is 9.54. The predicted molar refractivity (Wildman–Crippen MR) is 143 cm³/mol. The van der Waals surface area contributed by atoms with Crippen molar-refractivity contribution in [3.63, 3.8) is 0 Å². The number of hydrogen-bond acceptors (Lipinski definition) is 6. The van der Waals surface area contributed by atoms with E-state index in [0.29, 0.717) is 60.9 Å². The van der Waals surface area contributed by atoms with Gasteiger partial charge in [-0.15, -0.1) is 0 Å². The zero-order valence-electron chi connectivity index (χ0n) is 21.8. The minimum absolute atomic E-state index is 0.319. The number of rotatable bonds is 10. The Balaban J connectivity index is 1.79. The molecule has 0 bridgehead atoms. The Labute approximate surface area is 211 Å². The highest BCUT2D eigenvalue weighted by Crippen LogP contribution is 2.39. The minimum Gasteiger partial charge on any atom is -0.490 e. The number of nitrogens with zero attached hydrogens (tertiary/aromatic N) is 3. The van der Waals surface area contributed by atoms with Crippen LogP contribution in [0.25, 0.3) is 21.9 Å². The van der Waals surface area contributed by atoms with Crippen molar-refractivity contribution >= 4 is 33.7 Å². The number of benzene rings is 2. The fourth-order valence-corrected chi connectivity index (χ4v) is 4.19. The van der Waals surface area contributed by atoms with Crippen LogP contribution in [0.4, 0.5) is 5.82 Å². The first-order valence-corrected chi connectivity index (χ1v) is 12.5. The number of para-hydroxylation sites is 1. The van der Waals surface area contributed by atoms with Crippen LogP contribution in [-0.2, 0) is 6.54 Å². The van der Waals surface area contributed by atoms with Crippen LogP contribution in [0, 0.1) is 12.8 Å². The van der Waals surface area contributed by atoms with Gasteiger partial charge in [0.1, 0.15) is 0 Å². The SMILES string of the molecule is CCOc1cc(C(=O)Nc2nn(CC(C)C)c3nc4c(C)cccc4cc23)cc(OCC)c1OCC. The summed E-state index contributed by atoms with van der Waals surface area (Å²) in [7, 11) is 0. The van der Waals surface area contributed by atoms with Crippen molar-refractivity contribution in [2.24, 2.45) is 5.92 Å². The number of fused-ring (bicyclic) bond motifs is 2. The second-order valence-electron chi connectivity index (χ2n) is 8.99. The van der Waals surface area contributed by atoms with Crippen molar-refractivity contribution in [3.8, 4) is 17.2 Å². The van der Waals surface area contributed by atoms with Crippen LogP contribution in [-0.4, -0.2) is 40.5 Å². The van der Waals surface area contributed by atoms with E-state index in [1.165, 1.54) is 0 Å². The van der Waals surface area contributed by atoms with Gasteiger partial charge in [-0.1, -0.05) is 32.0 Å². The lowest BCUT2D eigenvalue weighted by Gasteiger charge is -2.17. The molecule has 4 rings (SSSR count). The predicted octanol–water partition coefficient (Wildman–Crippen LogP) is 6.00. The lowest BCUT2D eigenvalue weighted by atomic mass is 10.1. The van der Waals surface area contributed by atoms with Crippen molar-refractivity contribution in [2.75, 3.05) is 25.1 Å². The molecule has 8 nitrogen and oxygen atoms in total. The fraction of sp³-hybridized carbons (Fsp3) is 0.393. The van der Waals surface area contributed by atoms with Crippen LogP contribution >= 0.6 is 0 Å². The Morgan fingerprint density at radius 2 is 1.67 bits per heavy atom. The van der Waals surface area contributed by atoms with Gasteiger partial charge in [-0.3, -0.25) is 4.79 Å². The van der Waals surface area contributed by atoms with Crippen LogP contribution in [0.3, 0.4) is 0 Å². The number of aromatic nitrogens is 3. The van der Waals surface area contributed by atoms with E-state index in [2.05, 4.69) is 19.2 Å². The zero-order valence-corrected chi connectivity index (χ0v) is 21.8. The van der Waals surface area contributed by atoms with Crippen molar-refractivity contribution in [1.29, 1.82) is 0 Å². The average Bonchev–Trinajstić information content (AvgIpc) is 3.15. The molecule has 0 spiro atoms. The molecule has 0 aliphatic rings. The average molecular weight is 491 g/mol. The van der Waals surface area contributed by atoms with Gasteiger partial charge in [-0.05, 0) is 57.4 Å². The van der Waals surface area contributed by atoms with Gasteiger partial charge in [0.25, 0.3) is 5.91 Å². The van der Waals surface area contributed by atoms with Crippen molar-refractivity contribution < 1.29 is 19.0 Å². The van der Waals surface area contributed by atoms with E-state index in [-0.39, 0.29) is 5.91 Å². The lowest BCUT2D eigenvalue weighted by Crippen LogP contribution is -2.14. The second-order valence-corrected chi connectivity index (χ2v) is 8.99. The van der Waals surface area contributed by atoms with Crippen LogP contribution < -0.4 is 19.5 Å². The summed E-state index contributed by atoms with van der Waals surface area (Å²) in [6.07, 6.45) is 0. The van der Waals surface area contributed by atoms with Gasteiger partial charge in [0.05, 0.1) is 30.7 Å². The highest BCUT2D eigenvalue weighted by atomic mass is 16.5. The molecule has 0 aliphatic carbocycles. The molecule has 190 valence electrons. The molecule has 0 saturated heterocycles. The summed E-state index contributed by atoms with van der Waals surface area (Å²) < 4.78 is 19.2. The Morgan fingerprint density at radius 3 is 2.28 bits per heavy atom. The molecule has 2 aromatic heterocycles. The van der Waals surface area contributed by atoms with Crippen LogP contribution in [0.2, 0.25) is 0 Å². The van der Waals surface area contributed by atoms with E-state index >= 15 is 0 Å². The quantitative estimate of drug-likeness (QED) is 0.293. The maximum atomic E-state index is 13.5. The fourth-order valence-electron chi connectivity index (χ4n) is 4.19. The molecule has 0 saturated carbocycles. The Bertz CT molecular complexity index is 1370. The van der Waals surface area contributed by atoms with Gasteiger partial charge >= 0.3 is 0 Å². The summed E-state index contributed by atoms with van der Waals surface area (Å²) in [4.78, 5) is 18.4. The molecule has 0 fully saturated rings. The summed E-state index contributed by atoms with van der Waals surface area (Å²) in [5.74, 6) is 1.94. The molecule has 2 aromatic carbocycles. The van der Waals surface area contributed by atoms with Crippen LogP contribution in [0.15, 0.2) is 36.4 Å². The molecule has 0 aliphatic heterocycles. The van der Waals surface area contributed by atoms with Gasteiger partial charge < -0.3 is 19.5 Å². The van der Waals surface area contributed by atoms with Gasteiger partial charge in [0.15, 0.2) is 23.0 Å². The van der Waals surface area contributed by atoms with E-state index in [1.807, 2.05) is 56.6 Å². The Kier molecular flexibility index (Phi) is 7.62. The van der Waals surface area contributed by atoms with E-state index in [0.717, 1.165) is 27.5 Å². The van der Waals surface area contributed by atoms with Crippen molar-refractivity contribution in [1.82, 2.24) is 14.8 Å². The number of pyridine rings is 1. The molecule has 36 heavy (non-hydrogen) atoms. The standard InChI is InChI=1S/C28H34N4O4/c1-7-34-22-14-20(15-23(35-8-2)25(22)36-9-3)28(33)30-26-21-13-19-12-10-11-18(6)24(19)29-27(21)32(31-26)16-17(4)5/h10-15,17H,7-9,16H2,1-6H3,(H,30,31,33). The number of amides is 1. The van der Waals surface area contributed by atoms with Gasteiger partial charge in [0, 0.05) is 17.5 Å². The first-order chi connectivity index (χ1) is 17.4. The minimum atomic E-state index is -0.319. The topological polar surface area (TPSA) is 87.5 Å². The highest BCUT2D eigenvalue weighted by Gasteiger charge is 2.21. The summed E-state index contributed by atoms with van der Waals surface area (Å²) >= 11 is 0. The normalized spacial score (nSPS) is 11.3. The van der Waals surface area contributed by atoms with Crippen molar-refractivity contribution in [3.05, 3.63) is 47.5 Å². The maximum Gasteiger partial charge on any atom is 0.257 e. The highest BCUT2D eigenvalue weighted by molar-refractivity contribution is 6.09. The number of carbonyl (C=O) groups is 1. The molecule has 0 unspecified atom stereocenters. The molecule has 1 N–H and O–H groups in total. The van der Waals surface area contributed by atoms with E-state index in [9.17, 15) is 4.79 Å². The Hall–Kier alpha value is -3.81. The van der Waals surface area contributed by atoms with Gasteiger partial charge in [0.2, 0.25) is 5.75 Å². The third-order valence-corrected chi connectivity index (χ3v) is 5.69. The number of carbonyl (C=O) groups excluding carboxylic acids is 1. The summed E-state index contributed by atoms with van der Waals surface area (Å²) in [6, 6.07) is 11.5. The first-order valence-electron chi connectivity index (χ1n) is 12.5. The lowest BCUT2D eigenvalue weighted by molar-refractivity contribution is 0.102. The van der Waals surface area contributed by atoms with E-state index < -0.39 is 0 Å². The summed E-state index contributed by atoms with van der Waals surface area (Å²) in [5.41, 5.74) is 3.17. The van der Waals surface area contributed by atoms with Crippen LogP contribution in [0.1, 0.15) is 50.5 Å². The second kappa shape index (κ2) is 10.8. The number of nitrogens with one attached hydrogen (secondary N) is 1. The smallest absolute Gasteiger partial charge is 0.257 e. The molecule has 4 aromatic rings. The molecule has 0 radical (unpaired) electrons. The molecule has 1 amide bonds. The van der Waals surface area contributed by atoms with Gasteiger partial charge in [-0.25, -0.2) is 9.67 Å². The van der Waals surface area contributed by atoms with E-state index in [4.69, 9.17) is 24.3 Å². The molecule has 0 atom stereocenters. The largest absolute Gasteiger partial charge is 0.490 e. The zero-order chi connectivity index (χ0) is 25.8. The molecule has 2 heterocycles. The third kappa shape index (κ3) is 5.08. The number of aryl methyl sites for hydroxylation is 1. The third-order valence-electron chi connectivity index (χ3n) is 5.69.